The molecule has 17 heavy (non-hydrogen) atoms. The van der Waals surface area contributed by atoms with Gasteiger partial charge in [-0.3, -0.25) is 0 Å². The van der Waals surface area contributed by atoms with Crippen molar-refractivity contribution >= 4 is 45.9 Å². The molecule has 0 aliphatic rings. The second-order valence-corrected chi connectivity index (χ2v) is 6.78. The Balaban J connectivity index is 2.19. The van der Waals surface area contributed by atoms with Crippen LogP contribution in [0.1, 0.15) is 23.5 Å². The average molecular weight is 307 g/mol. The highest BCUT2D eigenvalue weighted by atomic mass is 35.5. The Morgan fingerprint density at radius 2 is 2.29 bits per heavy atom. The van der Waals surface area contributed by atoms with Crippen molar-refractivity contribution in [1.29, 1.82) is 0 Å². The number of nitrogens with one attached hydrogen (secondary N) is 1. The van der Waals surface area contributed by atoms with Crippen molar-refractivity contribution in [2.75, 3.05) is 6.54 Å². The van der Waals surface area contributed by atoms with E-state index in [4.69, 9.17) is 23.2 Å². The van der Waals surface area contributed by atoms with Crippen molar-refractivity contribution in [2.45, 2.75) is 19.4 Å². The molecule has 0 saturated carbocycles. The zero-order chi connectivity index (χ0) is 12.3. The van der Waals surface area contributed by atoms with Crippen LogP contribution >= 0.6 is 45.9 Å². The third-order valence-corrected chi connectivity index (χ3v) is 4.69. The molecule has 0 aliphatic carbocycles. The molecule has 2 aromatic heterocycles. The van der Waals surface area contributed by atoms with Gasteiger partial charge in [-0.15, -0.1) is 22.7 Å². The van der Waals surface area contributed by atoms with Crippen LogP contribution in [-0.4, -0.2) is 11.5 Å². The van der Waals surface area contributed by atoms with Gasteiger partial charge in [-0.1, -0.05) is 30.1 Å². The van der Waals surface area contributed by atoms with Gasteiger partial charge in [0.15, 0.2) is 0 Å². The highest BCUT2D eigenvalue weighted by Gasteiger charge is 2.18. The van der Waals surface area contributed by atoms with Crippen molar-refractivity contribution < 1.29 is 0 Å². The van der Waals surface area contributed by atoms with Crippen LogP contribution in [0.5, 0.6) is 0 Å². The van der Waals surface area contributed by atoms with Gasteiger partial charge >= 0.3 is 0 Å². The van der Waals surface area contributed by atoms with Crippen LogP contribution in [0.15, 0.2) is 17.6 Å². The number of hydrogen-bond donors (Lipinski definition) is 1. The number of halogens is 2. The summed E-state index contributed by atoms with van der Waals surface area (Å²) in [6.45, 7) is 2.97. The molecule has 2 aromatic rings. The van der Waals surface area contributed by atoms with Gasteiger partial charge in [-0.2, -0.15) is 0 Å². The molecule has 6 heteroatoms. The summed E-state index contributed by atoms with van der Waals surface area (Å²) in [6.07, 6.45) is 2.67. The predicted octanol–water partition coefficient (Wildman–Crippen LogP) is 4.40. The zero-order valence-corrected chi connectivity index (χ0v) is 12.4. The van der Waals surface area contributed by atoms with Crippen molar-refractivity contribution in [3.05, 3.63) is 36.9 Å². The normalized spacial score (nSPS) is 12.9. The summed E-state index contributed by atoms with van der Waals surface area (Å²) in [5.41, 5.74) is 1.07. The number of rotatable bonds is 5. The molecule has 0 aliphatic heterocycles. The first-order chi connectivity index (χ1) is 8.20. The molecule has 2 heterocycles. The highest BCUT2D eigenvalue weighted by Crippen LogP contribution is 2.36. The number of aromatic nitrogens is 1. The van der Waals surface area contributed by atoms with E-state index < -0.39 is 0 Å². The second-order valence-electron chi connectivity index (χ2n) is 3.52. The largest absolute Gasteiger partial charge is 0.310 e. The van der Waals surface area contributed by atoms with Crippen molar-refractivity contribution in [2.24, 2.45) is 0 Å². The third-order valence-electron chi connectivity index (χ3n) is 2.37. The summed E-state index contributed by atoms with van der Waals surface area (Å²) in [5, 5.41) is 6.51. The number of thiophene rings is 1. The fourth-order valence-corrected chi connectivity index (χ4v) is 3.90. The topological polar surface area (TPSA) is 24.9 Å². The van der Waals surface area contributed by atoms with E-state index in [0.29, 0.717) is 0 Å². The Hall–Kier alpha value is -0.130. The quantitative estimate of drug-likeness (QED) is 0.885. The maximum absolute atomic E-state index is 6.19. The maximum atomic E-state index is 6.19. The Bertz CT molecular complexity index is 468. The first-order valence-electron chi connectivity index (χ1n) is 5.27. The van der Waals surface area contributed by atoms with Crippen LogP contribution < -0.4 is 5.32 Å². The fraction of sp³-hybridized carbons (Fsp3) is 0.364. The Morgan fingerprint density at radius 3 is 2.82 bits per heavy atom. The molecule has 0 spiro atoms. The van der Waals surface area contributed by atoms with E-state index in [9.17, 15) is 0 Å². The van der Waals surface area contributed by atoms with Crippen LogP contribution in [0.4, 0.5) is 0 Å². The van der Waals surface area contributed by atoms with Gasteiger partial charge in [0.05, 0.1) is 13.7 Å². The smallest absolute Gasteiger partial charge is 0.0992 e. The molecule has 0 amide bonds. The SMILES string of the molecule is CCNC(Cc1nccs1)c1cc(Cl)sc1Cl. The van der Waals surface area contributed by atoms with Gasteiger partial charge in [-0.05, 0) is 12.6 Å². The first-order valence-corrected chi connectivity index (χ1v) is 7.72. The van der Waals surface area contributed by atoms with Crippen LogP contribution in [-0.2, 0) is 6.42 Å². The lowest BCUT2D eigenvalue weighted by molar-refractivity contribution is 0.550. The molecule has 0 aromatic carbocycles. The first kappa shape index (κ1) is 13.3. The van der Waals surface area contributed by atoms with E-state index >= 15 is 0 Å². The molecule has 0 radical (unpaired) electrons. The van der Waals surface area contributed by atoms with Crippen LogP contribution in [0.25, 0.3) is 0 Å². The van der Waals surface area contributed by atoms with Gasteiger partial charge in [-0.25, -0.2) is 4.98 Å². The van der Waals surface area contributed by atoms with Gasteiger partial charge < -0.3 is 5.32 Å². The summed E-state index contributed by atoms with van der Waals surface area (Å²) >= 11 is 15.2. The summed E-state index contributed by atoms with van der Waals surface area (Å²) in [5.74, 6) is 0. The van der Waals surface area contributed by atoms with Gasteiger partial charge in [0.1, 0.15) is 0 Å². The van der Waals surface area contributed by atoms with E-state index in [-0.39, 0.29) is 6.04 Å². The zero-order valence-electron chi connectivity index (χ0n) is 9.24. The lowest BCUT2D eigenvalue weighted by Crippen LogP contribution is -2.22. The molecule has 2 nitrogen and oxygen atoms in total. The molecule has 1 N–H and O–H groups in total. The lowest BCUT2D eigenvalue weighted by atomic mass is 10.1. The molecule has 1 unspecified atom stereocenters. The van der Waals surface area contributed by atoms with E-state index in [2.05, 4.69) is 17.2 Å². The Kier molecular flexibility index (Phi) is 4.82. The summed E-state index contributed by atoms with van der Waals surface area (Å²) in [7, 11) is 0. The predicted molar refractivity (Wildman–Crippen MR) is 76.6 cm³/mol. The monoisotopic (exact) mass is 306 g/mol. The minimum absolute atomic E-state index is 0.183. The van der Waals surface area contributed by atoms with Crippen LogP contribution in [0.3, 0.4) is 0 Å². The average Bonchev–Trinajstić information content (AvgIpc) is 2.88. The van der Waals surface area contributed by atoms with E-state index in [0.717, 1.165) is 32.2 Å². The number of hydrogen-bond acceptors (Lipinski definition) is 4. The van der Waals surface area contributed by atoms with Crippen molar-refractivity contribution in [1.82, 2.24) is 10.3 Å². The Labute approximate surface area is 119 Å². The molecule has 0 saturated heterocycles. The summed E-state index contributed by atoms with van der Waals surface area (Å²) < 4.78 is 1.49. The van der Waals surface area contributed by atoms with Crippen molar-refractivity contribution in [3.8, 4) is 0 Å². The minimum atomic E-state index is 0.183. The van der Waals surface area contributed by atoms with Gasteiger partial charge in [0, 0.05) is 29.6 Å². The fourth-order valence-electron chi connectivity index (χ4n) is 1.66. The Morgan fingerprint density at radius 1 is 1.47 bits per heavy atom. The molecular formula is C11H12Cl2N2S2. The van der Waals surface area contributed by atoms with Crippen molar-refractivity contribution in [3.63, 3.8) is 0 Å². The van der Waals surface area contributed by atoms with Crippen LogP contribution in [0.2, 0.25) is 8.67 Å². The van der Waals surface area contributed by atoms with E-state index in [1.54, 1.807) is 11.3 Å². The van der Waals surface area contributed by atoms with Crippen LogP contribution in [0, 0.1) is 0 Å². The highest BCUT2D eigenvalue weighted by molar-refractivity contribution is 7.20. The number of nitrogens with zero attached hydrogens (tertiary/aromatic N) is 1. The number of thiazole rings is 1. The molecule has 1 atom stereocenters. The molecule has 0 fully saturated rings. The van der Waals surface area contributed by atoms with E-state index in [1.807, 2.05) is 17.6 Å². The molecule has 2 rings (SSSR count). The maximum Gasteiger partial charge on any atom is 0.0992 e. The minimum Gasteiger partial charge on any atom is -0.310 e. The number of likely N-dealkylation sites (N-methyl/N-ethyl adjacent to an activating group) is 1. The summed E-state index contributed by atoms with van der Waals surface area (Å²) in [6, 6.07) is 2.12. The standard InChI is InChI=1S/C11H12Cl2N2S2/c1-2-14-8(6-10-15-3-4-16-10)7-5-9(12)17-11(7)13/h3-5,8,14H,2,6H2,1H3. The lowest BCUT2D eigenvalue weighted by Gasteiger charge is -2.16. The third kappa shape index (κ3) is 3.42. The molecule has 92 valence electrons. The molecule has 0 bridgehead atoms. The second kappa shape index (κ2) is 6.16. The molecular weight excluding hydrogens is 295 g/mol. The van der Waals surface area contributed by atoms with E-state index in [1.165, 1.54) is 11.3 Å². The van der Waals surface area contributed by atoms with Gasteiger partial charge in [0.25, 0.3) is 0 Å². The summed E-state index contributed by atoms with van der Waals surface area (Å²) in [4.78, 5) is 4.31. The van der Waals surface area contributed by atoms with Gasteiger partial charge in [0.2, 0.25) is 0 Å².